The topological polar surface area (TPSA) is 47.6 Å². The van der Waals surface area contributed by atoms with E-state index in [1.54, 1.807) is 12.1 Å². The fraction of sp³-hybridized carbons (Fsp3) is 0. The van der Waals surface area contributed by atoms with Crippen LogP contribution in [-0.4, -0.2) is 0 Å². The van der Waals surface area contributed by atoms with Crippen LogP contribution in [0, 0.1) is 28.5 Å². The van der Waals surface area contributed by atoms with E-state index in [1.807, 2.05) is 36.4 Å². The Morgan fingerprint density at radius 1 is 0.842 bits per heavy atom. The summed E-state index contributed by atoms with van der Waals surface area (Å²) in [6.45, 7) is 0. The summed E-state index contributed by atoms with van der Waals surface area (Å²) >= 11 is 0. The third-order valence-corrected chi connectivity index (χ3v) is 2.64. The van der Waals surface area contributed by atoms with Crippen molar-refractivity contribution >= 4 is 6.08 Å². The van der Waals surface area contributed by atoms with Crippen molar-refractivity contribution in [2.45, 2.75) is 0 Å². The average molecular weight is 248 g/mol. The van der Waals surface area contributed by atoms with Gasteiger partial charge in [-0.3, -0.25) is 0 Å². The van der Waals surface area contributed by atoms with Crippen molar-refractivity contribution in [2.75, 3.05) is 0 Å². The molecule has 0 aliphatic heterocycles. The summed E-state index contributed by atoms with van der Waals surface area (Å²) in [6.07, 6.45) is 1.52. The smallest absolute Gasteiger partial charge is 0.130 e. The summed E-state index contributed by atoms with van der Waals surface area (Å²) in [5, 5.41) is 17.3. The number of halogens is 1. The van der Waals surface area contributed by atoms with Crippen molar-refractivity contribution in [1.29, 1.82) is 10.5 Å². The Balaban J connectivity index is 2.29. The Kier molecular flexibility index (Phi) is 3.71. The summed E-state index contributed by atoms with van der Waals surface area (Å²) in [6, 6.07) is 17.2. The molecule has 2 aromatic carbocycles. The van der Waals surface area contributed by atoms with Crippen LogP contribution in [0.2, 0.25) is 0 Å². The van der Waals surface area contributed by atoms with Gasteiger partial charge in [0, 0.05) is 0 Å². The van der Waals surface area contributed by atoms with Crippen LogP contribution in [0.1, 0.15) is 5.56 Å². The van der Waals surface area contributed by atoms with E-state index in [0.717, 1.165) is 16.7 Å². The van der Waals surface area contributed by atoms with Gasteiger partial charge < -0.3 is 0 Å². The van der Waals surface area contributed by atoms with Crippen LogP contribution < -0.4 is 0 Å². The van der Waals surface area contributed by atoms with Crippen LogP contribution in [0.15, 0.2) is 54.1 Å². The van der Waals surface area contributed by atoms with Crippen LogP contribution in [0.25, 0.3) is 17.2 Å². The van der Waals surface area contributed by atoms with Crippen LogP contribution in [0.5, 0.6) is 0 Å². The second kappa shape index (κ2) is 5.62. The molecule has 0 amide bonds. The Labute approximate surface area is 110 Å². The predicted octanol–water partition coefficient (Wildman–Crippen LogP) is 3.92. The molecule has 0 aromatic heterocycles. The van der Waals surface area contributed by atoms with Gasteiger partial charge in [0.15, 0.2) is 0 Å². The number of hydrogen-bond donors (Lipinski definition) is 0. The molecule has 3 heteroatoms. The lowest BCUT2D eigenvalue weighted by Crippen LogP contribution is -1.80. The summed E-state index contributed by atoms with van der Waals surface area (Å²) in [5.41, 5.74) is 2.71. The second-order valence-corrected chi connectivity index (χ2v) is 3.91. The molecule has 0 fully saturated rings. The first-order valence-corrected chi connectivity index (χ1v) is 5.61. The molecule has 2 nitrogen and oxygen atoms in total. The first kappa shape index (κ1) is 12.5. The van der Waals surface area contributed by atoms with Crippen LogP contribution >= 0.6 is 0 Å². The van der Waals surface area contributed by atoms with Gasteiger partial charge >= 0.3 is 0 Å². The first-order valence-electron chi connectivity index (χ1n) is 5.61. The third kappa shape index (κ3) is 3.06. The van der Waals surface area contributed by atoms with Crippen LogP contribution in [0.4, 0.5) is 4.39 Å². The number of nitrogens with zero attached hydrogens (tertiary/aromatic N) is 2. The normalized spacial score (nSPS) is 9.21. The van der Waals surface area contributed by atoms with E-state index in [-0.39, 0.29) is 11.4 Å². The zero-order valence-corrected chi connectivity index (χ0v) is 9.97. The molecular formula is C16H9FN2. The maximum absolute atomic E-state index is 12.8. The molecule has 0 aliphatic carbocycles. The highest BCUT2D eigenvalue weighted by Gasteiger charge is 1.99. The van der Waals surface area contributed by atoms with Crippen molar-refractivity contribution in [1.82, 2.24) is 0 Å². The van der Waals surface area contributed by atoms with Gasteiger partial charge in [0.2, 0.25) is 0 Å². The first-order chi connectivity index (χ1) is 9.22. The van der Waals surface area contributed by atoms with Crippen LogP contribution in [-0.2, 0) is 0 Å². The Morgan fingerprint density at radius 2 is 1.32 bits per heavy atom. The largest absolute Gasteiger partial charge is 0.207 e. The quantitative estimate of drug-likeness (QED) is 0.756. The fourth-order valence-electron chi connectivity index (χ4n) is 1.67. The molecule has 2 aromatic rings. The van der Waals surface area contributed by atoms with Gasteiger partial charge in [-0.05, 0) is 34.9 Å². The molecule has 90 valence electrons. The lowest BCUT2D eigenvalue weighted by molar-refractivity contribution is 0.628. The standard InChI is InChI=1S/C16H9FN2/c17-16-7-5-15(6-8-16)14-3-1-12(2-4-14)9-13(10-18)11-19/h1-9H. The van der Waals surface area contributed by atoms with Crippen molar-refractivity contribution in [3.05, 3.63) is 65.5 Å². The number of hydrogen-bond acceptors (Lipinski definition) is 2. The highest BCUT2D eigenvalue weighted by Crippen LogP contribution is 2.20. The summed E-state index contributed by atoms with van der Waals surface area (Å²) in [5.74, 6) is -0.268. The van der Waals surface area contributed by atoms with Gasteiger partial charge in [0.1, 0.15) is 23.5 Å². The predicted molar refractivity (Wildman–Crippen MR) is 71.0 cm³/mol. The molecular weight excluding hydrogens is 239 g/mol. The van der Waals surface area contributed by atoms with E-state index in [1.165, 1.54) is 18.2 Å². The molecule has 0 spiro atoms. The molecule has 0 aliphatic rings. The van der Waals surface area contributed by atoms with Gasteiger partial charge in [-0.25, -0.2) is 4.39 Å². The van der Waals surface area contributed by atoms with Crippen LogP contribution in [0.3, 0.4) is 0 Å². The van der Waals surface area contributed by atoms with Crippen molar-refractivity contribution < 1.29 is 4.39 Å². The molecule has 0 heterocycles. The van der Waals surface area contributed by atoms with Gasteiger partial charge in [-0.2, -0.15) is 10.5 Å². The van der Waals surface area contributed by atoms with Crippen molar-refractivity contribution in [2.24, 2.45) is 0 Å². The lowest BCUT2D eigenvalue weighted by Gasteiger charge is -2.02. The Hall–Kier alpha value is -2.91. The van der Waals surface area contributed by atoms with E-state index in [4.69, 9.17) is 10.5 Å². The minimum atomic E-state index is -0.268. The summed E-state index contributed by atoms with van der Waals surface area (Å²) in [7, 11) is 0. The molecule has 0 saturated carbocycles. The minimum absolute atomic E-state index is 0.0644. The second-order valence-electron chi connectivity index (χ2n) is 3.91. The zero-order valence-electron chi connectivity index (χ0n) is 9.97. The summed E-state index contributed by atoms with van der Waals surface area (Å²) < 4.78 is 12.8. The van der Waals surface area contributed by atoms with Crippen molar-refractivity contribution in [3.63, 3.8) is 0 Å². The molecule has 0 radical (unpaired) electrons. The Bertz CT molecular complexity index is 668. The molecule has 19 heavy (non-hydrogen) atoms. The SMILES string of the molecule is N#CC(C#N)=Cc1ccc(-c2ccc(F)cc2)cc1. The van der Waals surface area contributed by atoms with Gasteiger partial charge in [-0.1, -0.05) is 36.4 Å². The molecule has 0 N–H and O–H groups in total. The number of nitriles is 2. The Morgan fingerprint density at radius 3 is 1.79 bits per heavy atom. The highest BCUT2D eigenvalue weighted by molar-refractivity contribution is 5.68. The van der Waals surface area contributed by atoms with E-state index in [2.05, 4.69) is 0 Å². The van der Waals surface area contributed by atoms with Gasteiger partial charge in [0.05, 0.1) is 0 Å². The molecule has 0 atom stereocenters. The number of benzene rings is 2. The summed E-state index contributed by atoms with van der Waals surface area (Å²) in [4.78, 5) is 0. The highest BCUT2D eigenvalue weighted by atomic mass is 19.1. The molecule has 0 bridgehead atoms. The molecule has 0 saturated heterocycles. The van der Waals surface area contributed by atoms with E-state index >= 15 is 0 Å². The van der Waals surface area contributed by atoms with E-state index in [0.29, 0.717) is 0 Å². The fourth-order valence-corrected chi connectivity index (χ4v) is 1.67. The maximum Gasteiger partial charge on any atom is 0.130 e. The third-order valence-electron chi connectivity index (χ3n) is 2.64. The molecule has 2 rings (SSSR count). The van der Waals surface area contributed by atoms with Gasteiger partial charge in [0.25, 0.3) is 0 Å². The van der Waals surface area contributed by atoms with Crippen molar-refractivity contribution in [3.8, 4) is 23.3 Å². The number of rotatable bonds is 2. The minimum Gasteiger partial charge on any atom is -0.207 e. The van der Waals surface area contributed by atoms with E-state index < -0.39 is 0 Å². The zero-order chi connectivity index (χ0) is 13.7. The number of allylic oxidation sites excluding steroid dienone is 1. The maximum atomic E-state index is 12.8. The van der Waals surface area contributed by atoms with E-state index in [9.17, 15) is 4.39 Å². The monoisotopic (exact) mass is 248 g/mol. The molecule has 0 unspecified atom stereocenters. The lowest BCUT2D eigenvalue weighted by atomic mass is 10.0. The average Bonchev–Trinajstić information content (AvgIpc) is 2.46. The van der Waals surface area contributed by atoms with Gasteiger partial charge in [-0.15, -0.1) is 0 Å².